The van der Waals surface area contributed by atoms with Crippen molar-refractivity contribution < 1.29 is 0 Å². The molecule has 0 spiro atoms. The Morgan fingerprint density at radius 1 is 1.18 bits per heavy atom. The van der Waals surface area contributed by atoms with E-state index in [-0.39, 0.29) is 0 Å². The molecule has 11 heavy (non-hydrogen) atoms. The summed E-state index contributed by atoms with van der Waals surface area (Å²) in [6.07, 6.45) is 0. The Bertz CT molecular complexity index is 273. The molecule has 0 saturated heterocycles. The minimum absolute atomic E-state index is 0.870. The van der Waals surface area contributed by atoms with Crippen molar-refractivity contribution in [2.75, 3.05) is 10.5 Å². The lowest BCUT2D eigenvalue weighted by Gasteiger charge is -2.17. The van der Waals surface area contributed by atoms with Crippen LogP contribution in [0.25, 0.3) is 0 Å². The van der Waals surface area contributed by atoms with E-state index in [9.17, 15) is 0 Å². The fraction of sp³-hybridized carbons (Fsp3) is 0. The predicted octanol–water partition coefficient (Wildman–Crippen LogP) is -0.202. The van der Waals surface area contributed by atoms with Crippen LogP contribution < -0.4 is 22.2 Å². The van der Waals surface area contributed by atoms with Crippen LogP contribution in [0.2, 0.25) is 0 Å². The smallest absolute Gasteiger partial charge is 0.0980 e. The Morgan fingerprint density at radius 2 is 1.91 bits per heavy atom. The molecule has 0 fully saturated rings. The lowest BCUT2D eigenvalue weighted by atomic mass is 10.3. The molecule has 5 nitrogen and oxygen atoms in total. The molecule has 5 heteroatoms. The molecular formula is C6H9N5. The summed E-state index contributed by atoms with van der Waals surface area (Å²) >= 11 is 0. The monoisotopic (exact) mass is 151 g/mol. The van der Waals surface area contributed by atoms with Crippen molar-refractivity contribution in [2.24, 2.45) is 11.7 Å². The van der Waals surface area contributed by atoms with E-state index in [0.29, 0.717) is 0 Å². The van der Waals surface area contributed by atoms with E-state index in [1.807, 2.05) is 24.3 Å². The minimum Gasteiger partial charge on any atom is -0.284 e. The van der Waals surface area contributed by atoms with Crippen molar-refractivity contribution >= 4 is 11.4 Å². The van der Waals surface area contributed by atoms with Crippen molar-refractivity contribution in [1.29, 1.82) is 0 Å². The van der Waals surface area contributed by atoms with Gasteiger partial charge in [-0.1, -0.05) is 17.4 Å². The number of rotatable bonds is 0. The molecule has 0 aliphatic carbocycles. The van der Waals surface area contributed by atoms with Gasteiger partial charge in [-0.2, -0.15) is 0 Å². The summed E-state index contributed by atoms with van der Waals surface area (Å²) in [7, 11) is 0. The van der Waals surface area contributed by atoms with Crippen LogP contribution in [-0.2, 0) is 0 Å². The number of fused-ring (bicyclic) bond motifs is 1. The largest absolute Gasteiger partial charge is 0.284 e. The minimum atomic E-state index is 0.870. The van der Waals surface area contributed by atoms with E-state index in [4.69, 9.17) is 11.7 Å². The number of hydrogen-bond acceptors (Lipinski definition) is 5. The van der Waals surface area contributed by atoms with Crippen LogP contribution in [0.1, 0.15) is 0 Å². The van der Waals surface area contributed by atoms with Crippen molar-refractivity contribution in [2.45, 2.75) is 0 Å². The van der Waals surface area contributed by atoms with Gasteiger partial charge in [0, 0.05) is 0 Å². The molecule has 1 aromatic carbocycles. The lowest BCUT2D eigenvalue weighted by molar-refractivity contribution is 0.333. The Kier molecular flexibility index (Phi) is 1.22. The van der Waals surface area contributed by atoms with Gasteiger partial charge in [0.05, 0.1) is 11.4 Å². The molecule has 0 radical (unpaired) electrons. The second-order valence-corrected chi connectivity index (χ2v) is 2.32. The molecule has 58 valence electrons. The van der Waals surface area contributed by atoms with Crippen molar-refractivity contribution in [3.8, 4) is 0 Å². The average Bonchev–Trinajstić information content (AvgIpc) is 2.30. The molecule has 2 rings (SSSR count). The van der Waals surface area contributed by atoms with Gasteiger partial charge in [-0.15, -0.1) is 0 Å². The van der Waals surface area contributed by atoms with Crippen LogP contribution in [0, 0.1) is 0 Å². The zero-order chi connectivity index (χ0) is 7.84. The van der Waals surface area contributed by atoms with Gasteiger partial charge in [-0.25, -0.2) is 16.8 Å². The molecule has 0 aromatic heterocycles. The predicted molar refractivity (Wildman–Crippen MR) is 42.8 cm³/mol. The number of nitrogens with zero attached hydrogens (tertiary/aromatic N) is 2. The van der Waals surface area contributed by atoms with Crippen molar-refractivity contribution in [3.63, 3.8) is 0 Å². The second kappa shape index (κ2) is 2.09. The maximum atomic E-state index is 5.56. The number of hydrogen-bond donors (Lipinski definition) is 3. The fourth-order valence-electron chi connectivity index (χ4n) is 1.06. The molecule has 1 aliphatic heterocycles. The van der Waals surface area contributed by atoms with Gasteiger partial charge in [0.1, 0.15) is 0 Å². The number of hydrazine groups is 4. The van der Waals surface area contributed by atoms with Crippen LogP contribution in [-0.4, -0.2) is 5.23 Å². The molecule has 0 bridgehead atoms. The summed E-state index contributed by atoms with van der Waals surface area (Å²) in [5.74, 6) is 11.0. The maximum Gasteiger partial charge on any atom is 0.0980 e. The van der Waals surface area contributed by atoms with E-state index < -0.39 is 0 Å². The Hall–Kier alpha value is -1.30. The number of para-hydroxylation sites is 2. The Labute approximate surface area is 64.1 Å². The average molecular weight is 151 g/mol. The number of nitrogens with two attached hydrogens (primary N) is 2. The highest BCUT2D eigenvalue weighted by Crippen LogP contribution is 2.28. The highest BCUT2D eigenvalue weighted by molar-refractivity contribution is 5.71. The van der Waals surface area contributed by atoms with E-state index in [1.54, 1.807) is 0 Å². The van der Waals surface area contributed by atoms with E-state index >= 15 is 0 Å². The number of benzene rings is 1. The van der Waals surface area contributed by atoms with Gasteiger partial charge in [-0.3, -0.25) is 5.43 Å². The molecule has 0 unspecified atom stereocenters. The van der Waals surface area contributed by atoms with Crippen molar-refractivity contribution in [1.82, 2.24) is 5.23 Å². The Morgan fingerprint density at radius 3 is 2.64 bits per heavy atom. The molecule has 1 aliphatic rings. The third kappa shape index (κ3) is 0.829. The first kappa shape index (κ1) is 6.41. The quantitative estimate of drug-likeness (QED) is 0.448. The van der Waals surface area contributed by atoms with Crippen molar-refractivity contribution in [3.05, 3.63) is 24.3 Å². The number of nitrogens with one attached hydrogen (secondary N) is 1. The summed E-state index contributed by atoms with van der Waals surface area (Å²) in [6, 6.07) is 7.61. The summed E-state index contributed by atoms with van der Waals surface area (Å²) in [4.78, 5) is 0. The number of anilines is 2. The summed E-state index contributed by atoms with van der Waals surface area (Å²) < 4.78 is 0. The first-order valence-corrected chi connectivity index (χ1v) is 3.24. The maximum absolute atomic E-state index is 5.56. The van der Waals surface area contributed by atoms with Crippen LogP contribution in [0.4, 0.5) is 11.4 Å². The molecule has 0 saturated carbocycles. The zero-order valence-electron chi connectivity index (χ0n) is 5.86. The zero-order valence-corrected chi connectivity index (χ0v) is 5.86. The third-order valence-electron chi connectivity index (χ3n) is 1.62. The summed E-state index contributed by atoms with van der Waals surface area (Å²) in [5.41, 5.74) is 4.64. The highest BCUT2D eigenvalue weighted by Gasteiger charge is 2.20. The first-order valence-electron chi connectivity index (χ1n) is 3.24. The Balaban J connectivity index is 2.47. The van der Waals surface area contributed by atoms with Gasteiger partial charge in [-0.05, 0) is 12.1 Å². The normalized spacial score (nSPS) is 16.4. The molecule has 1 heterocycles. The molecule has 0 amide bonds. The van der Waals surface area contributed by atoms with Crippen LogP contribution >= 0.6 is 0 Å². The van der Waals surface area contributed by atoms with Gasteiger partial charge in [0.25, 0.3) is 0 Å². The molecule has 1 aromatic rings. The SMILES string of the molecule is NN1Nc2ccccc2N1N. The second-order valence-electron chi connectivity index (χ2n) is 2.32. The summed E-state index contributed by atoms with van der Waals surface area (Å²) in [5, 5.41) is 2.57. The first-order chi connectivity index (χ1) is 5.29. The van der Waals surface area contributed by atoms with E-state index in [0.717, 1.165) is 11.4 Å². The van der Waals surface area contributed by atoms with Gasteiger partial charge in [0.15, 0.2) is 0 Å². The van der Waals surface area contributed by atoms with Gasteiger partial charge < -0.3 is 0 Å². The standard InChI is InChI=1S/C6H9N5/c7-10-6-4-2-1-3-5(6)9-11(10)8/h1-4,9H,7-8H2. The molecule has 5 N–H and O–H groups in total. The van der Waals surface area contributed by atoms with E-state index in [2.05, 4.69) is 5.43 Å². The van der Waals surface area contributed by atoms with Gasteiger partial charge in [0.2, 0.25) is 0 Å². The molecular weight excluding hydrogens is 142 g/mol. The van der Waals surface area contributed by atoms with Crippen LogP contribution in [0.5, 0.6) is 0 Å². The van der Waals surface area contributed by atoms with E-state index in [1.165, 1.54) is 10.3 Å². The third-order valence-corrected chi connectivity index (χ3v) is 1.62. The highest BCUT2D eigenvalue weighted by atomic mass is 16.0. The topological polar surface area (TPSA) is 70.5 Å². The van der Waals surface area contributed by atoms with Crippen LogP contribution in [0.15, 0.2) is 24.3 Å². The fourth-order valence-corrected chi connectivity index (χ4v) is 1.06. The lowest BCUT2D eigenvalue weighted by Crippen LogP contribution is -2.50. The van der Waals surface area contributed by atoms with Crippen LogP contribution in [0.3, 0.4) is 0 Å². The molecule has 0 atom stereocenters. The van der Waals surface area contributed by atoms with Gasteiger partial charge >= 0.3 is 0 Å². The summed E-state index contributed by atoms with van der Waals surface area (Å²) in [6.45, 7) is 0.